The second-order valence-electron chi connectivity index (χ2n) is 4.86. The zero-order valence-electron chi connectivity index (χ0n) is 12.4. The Balaban J connectivity index is 2.40. The van der Waals surface area contributed by atoms with Crippen LogP contribution in [0.1, 0.15) is 11.3 Å². The van der Waals surface area contributed by atoms with Crippen LogP contribution in [0.15, 0.2) is 27.1 Å². The number of carboxylic acid groups (broad SMARTS) is 1. The predicted octanol–water partition coefficient (Wildman–Crippen LogP) is -1.37. The summed E-state index contributed by atoms with van der Waals surface area (Å²) >= 11 is 0. The topological polar surface area (TPSA) is 143 Å². The smallest absolute Gasteiger partial charge is 0.333 e. The van der Waals surface area contributed by atoms with Gasteiger partial charge in [0.1, 0.15) is 5.56 Å². The van der Waals surface area contributed by atoms with Gasteiger partial charge < -0.3 is 15.2 Å². The summed E-state index contributed by atoms with van der Waals surface area (Å²) in [6.45, 7) is 0. The molecule has 10 nitrogen and oxygen atoms in total. The van der Waals surface area contributed by atoms with E-state index in [1.807, 2.05) is 0 Å². The fourth-order valence-electron chi connectivity index (χ4n) is 1.95. The SMILES string of the molecule is Cn1c(O)c(C=NC(Cc2cnc[nH]2)C(=O)O)c(=O)n(C)c1=O. The van der Waals surface area contributed by atoms with E-state index in [0.29, 0.717) is 5.69 Å². The van der Waals surface area contributed by atoms with E-state index in [1.165, 1.54) is 26.6 Å². The molecule has 10 heteroatoms. The van der Waals surface area contributed by atoms with E-state index >= 15 is 0 Å². The van der Waals surface area contributed by atoms with Gasteiger partial charge in [0.05, 0.1) is 6.33 Å². The Hall–Kier alpha value is -3.17. The first-order valence-corrected chi connectivity index (χ1v) is 6.55. The molecule has 0 aliphatic heterocycles. The van der Waals surface area contributed by atoms with Crippen molar-refractivity contribution < 1.29 is 15.0 Å². The number of hydrogen-bond donors (Lipinski definition) is 3. The minimum absolute atomic E-state index is 0.0404. The van der Waals surface area contributed by atoms with Crippen LogP contribution in [-0.2, 0) is 25.3 Å². The standard InChI is InChI=1S/C13H15N5O5/c1-17-10(19)8(11(20)18(2)13(17)23)5-15-9(12(21)22)3-7-4-14-6-16-7/h4-6,9,19H,3H2,1-2H3,(H,14,16)(H,21,22). The van der Waals surface area contributed by atoms with Gasteiger partial charge in [0, 0.05) is 38.6 Å². The number of imidazole rings is 1. The summed E-state index contributed by atoms with van der Waals surface area (Å²) in [4.78, 5) is 45.3. The summed E-state index contributed by atoms with van der Waals surface area (Å²) in [5.74, 6) is -1.77. The van der Waals surface area contributed by atoms with Gasteiger partial charge in [-0.3, -0.25) is 18.9 Å². The molecule has 23 heavy (non-hydrogen) atoms. The maximum absolute atomic E-state index is 12.0. The molecular weight excluding hydrogens is 306 g/mol. The second kappa shape index (κ2) is 6.30. The maximum atomic E-state index is 12.0. The van der Waals surface area contributed by atoms with Crippen molar-refractivity contribution in [3.8, 4) is 5.88 Å². The lowest BCUT2D eigenvalue weighted by Gasteiger charge is -2.08. The number of aromatic amines is 1. The number of H-pyrrole nitrogens is 1. The molecule has 0 aliphatic rings. The molecule has 0 radical (unpaired) electrons. The normalized spacial score (nSPS) is 12.6. The number of aliphatic imine (C=N–C) groups is 1. The molecule has 1 atom stereocenters. The van der Waals surface area contributed by atoms with Gasteiger partial charge in [-0.25, -0.2) is 14.6 Å². The number of hydrogen-bond acceptors (Lipinski definition) is 6. The first kappa shape index (κ1) is 16.2. The van der Waals surface area contributed by atoms with Crippen molar-refractivity contribution in [2.45, 2.75) is 12.5 Å². The van der Waals surface area contributed by atoms with Gasteiger partial charge in [0.25, 0.3) is 5.56 Å². The average molecular weight is 321 g/mol. The number of nitrogens with zero attached hydrogens (tertiary/aromatic N) is 4. The van der Waals surface area contributed by atoms with Gasteiger partial charge in [-0.15, -0.1) is 0 Å². The Morgan fingerprint density at radius 2 is 2.13 bits per heavy atom. The highest BCUT2D eigenvalue weighted by molar-refractivity contribution is 5.85. The lowest BCUT2D eigenvalue weighted by atomic mass is 10.2. The van der Waals surface area contributed by atoms with E-state index in [-0.39, 0.29) is 12.0 Å². The number of rotatable bonds is 5. The lowest BCUT2D eigenvalue weighted by molar-refractivity contribution is -0.138. The Bertz CT molecular complexity index is 862. The fraction of sp³-hybridized carbons (Fsp3) is 0.308. The summed E-state index contributed by atoms with van der Waals surface area (Å²) in [6.07, 6.45) is 3.88. The van der Waals surface area contributed by atoms with Crippen molar-refractivity contribution in [1.29, 1.82) is 0 Å². The zero-order valence-corrected chi connectivity index (χ0v) is 12.4. The highest BCUT2D eigenvalue weighted by Crippen LogP contribution is 2.08. The molecule has 0 saturated heterocycles. The van der Waals surface area contributed by atoms with E-state index in [4.69, 9.17) is 0 Å². The van der Waals surface area contributed by atoms with Gasteiger partial charge in [-0.1, -0.05) is 0 Å². The van der Waals surface area contributed by atoms with Crippen LogP contribution in [-0.4, -0.2) is 47.5 Å². The summed E-state index contributed by atoms with van der Waals surface area (Å²) in [6, 6.07) is -1.17. The molecule has 2 aromatic heterocycles. The van der Waals surface area contributed by atoms with E-state index in [9.17, 15) is 24.6 Å². The number of carboxylic acids is 1. The van der Waals surface area contributed by atoms with Gasteiger partial charge in [-0.2, -0.15) is 0 Å². The van der Waals surface area contributed by atoms with Crippen LogP contribution in [0.5, 0.6) is 5.88 Å². The maximum Gasteiger partial charge on any atom is 0.333 e. The van der Waals surface area contributed by atoms with Gasteiger partial charge >= 0.3 is 11.7 Å². The van der Waals surface area contributed by atoms with E-state index in [1.54, 1.807) is 0 Å². The molecule has 0 saturated carbocycles. The van der Waals surface area contributed by atoms with Crippen molar-refractivity contribution in [2.75, 3.05) is 0 Å². The largest absolute Gasteiger partial charge is 0.494 e. The van der Waals surface area contributed by atoms with E-state index in [2.05, 4.69) is 15.0 Å². The number of nitrogens with one attached hydrogen (secondary N) is 1. The second-order valence-corrected chi connectivity index (χ2v) is 4.86. The van der Waals surface area contributed by atoms with Crippen LogP contribution in [0, 0.1) is 0 Å². The number of aromatic nitrogens is 4. The third-order valence-corrected chi connectivity index (χ3v) is 3.30. The molecule has 0 aliphatic carbocycles. The Labute approximate surface area is 129 Å². The summed E-state index contributed by atoms with van der Waals surface area (Å²) < 4.78 is 1.67. The highest BCUT2D eigenvalue weighted by Gasteiger charge is 2.18. The van der Waals surface area contributed by atoms with Gasteiger partial charge in [0.15, 0.2) is 6.04 Å². The highest BCUT2D eigenvalue weighted by atomic mass is 16.4. The Morgan fingerprint density at radius 3 is 2.70 bits per heavy atom. The predicted molar refractivity (Wildman–Crippen MR) is 79.9 cm³/mol. The minimum Gasteiger partial charge on any atom is -0.494 e. The molecule has 0 bridgehead atoms. The van der Waals surface area contributed by atoms with Crippen LogP contribution in [0.25, 0.3) is 0 Å². The van der Waals surface area contributed by atoms with Crippen molar-refractivity contribution >= 4 is 12.2 Å². The molecule has 0 aromatic carbocycles. The first-order chi connectivity index (χ1) is 10.8. The van der Waals surface area contributed by atoms with Crippen molar-refractivity contribution in [3.63, 3.8) is 0 Å². The molecule has 0 spiro atoms. The molecule has 2 aromatic rings. The fourth-order valence-corrected chi connectivity index (χ4v) is 1.95. The number of aromatic hydroxyl groups is 1. The molecule has 122 valence electrons. The summed E-state index contributed by atoms with van der Waals surface area (Å²) in [5.41, 5.74) is -1.16. The molecule has 2 rings (SSSR count). The third kappa shape index (κ3) is 3.20. The molecule has 2 heterocycles. The lowest BCUT2D eigenvalue weighted by Crippen LogP contribution is -2.38. The molecule has 0 amide bonds. The quantitative estimate of drug-likeness (QED) is 0.580. The van der Waals surface area contributed by atoms with Crippen LogP contribution >= 0.6 is 0 Å². The van der Waals surface area contributed by atoms with Crippen molar-refractivity contribution in [3.05, 3.63) is 44.6 Å². The van der Waals surface area contributed by atoms with Gasteiger partial charge in [0.2, 0.25) is 5.88 Å². The summed E-state index contributed by atoms with van der Waals surface area (Å²) in [5, 5.41) is 19.1. The van der Waals surface area contributed by atoms with Crippen LogP contribution in [0.3, 0.4) is 0 Å². The molecule has 0 fully saturated rings. The van der Waals surface area contributed by atoms with Gasteiger partial charge in [-0.05, 0) is 0 Å². The monoisotopic (exact) mass is 321 g/mol. The van der Waals surface area contributed by atoms with Crippen molar-refractivity contribution in [1.82, 2.24) is 19.1 Å². The van der Waals surface area contributed by atoms with E-state index in [0.717, 1.165) is 15.3 Å². The molecular formula is C13H15N5O5. The number of aliphatic carboxylic acids is 1. The van der Waals surface area contributed by atoms with Crippen molar-refractivity contribution in [2.24, 2.45) is 19.1 Å². The van der Waals surface area contributed by atoms with Crippen LogP contribution in [0.4, 0.5) is 0 Å². The van der Waals surface area contributed by atoms with Crippen LogP contribution in [0.2, 0.25) is 0 Å². The Kier molecular flexibility index (Phi) is 4.44. The summed E-state index contributed by atoms with van der Waals surface area (Å²) in [7, 11) is 2.54. The molecule has 3 N–H and O–H groups in total. The Morgan fingerprint density at radius 1 is 1.43 bits per heavy atom. The van der Waals surface area contributed by atoms with E-state index < -0.39 is 29.1 Å². The third-order valence-electron chi connectivity index (χ3n) is 3.30. The number of carbonyl (C=O) groups is 1. The zero-order chi connectivity index (χ0) is 17.1. The molecule has 1 unspecified atom stereocenters. The average Bonchev–Trinajstić information content (AvgIpc) is 3.02. The van der Waals surface area contributed by atoms with Crippen LogP contribution < -0.4 is 11.2 Å². The first-order valence-electron chi connectivity index (χ1n) is 6.55. The minimum atomic E-state index is -1.20.